The molecule has 1 atom stereocenters. The van der Waals surface area contributed by atoms with Crippen molar-refractivity contribution in [3.8, 4) is 0 Å². The van der Waals surface area contributed by atoms with Crippen molar-refractivity contribution >= 4 is 27.7 Å². The first-order chi connectivity index (χ1) is 13.5. The van der Waals surface area contributed by atoms with Gasteiger partial charge in [-0.2, -0.15) is 0 Å². The van der Waals surface area contributed by atoms with E-state index in [-0.39, 0.29) is 30.5 Å². The molecule has 1 aromatic carbocycles. The van der Waals surface area contributed by atoms with Crippen molar-refractivity contribution in [1.82, 2.24) is 15.5 Å². The van der Waals surface area contributed by atoms with Gasteiger partial charge in [0.1, 0.15) is 11.6 Å². The van der Waals surface area contributed by atoms with Gasteiger partial charge in [0.25, 0.3) is 5.91 Å². The minimum atomic E-state index is -0.489. The number of hydrogen-bond donors (Lipinski definition) is 2. The van der Waals surface area contributed by atoms with Crippen LogP contribution in [0.3, 0.4) is 0 Å². The van der Waals surface area contributed by atoms with Crippen molar-refractivity contribution in [3.63, 3.8) is 0 Å². The maximum absolute atomic E-state index is 13.3. The molecule has 1 aromatic heterocycles. The number of nitrogens with one attached hydrogen (secondary N) is 2. The molecule has 1 unspecified atom stereocenters. The lowest BCUT2D eigenvalue weighted by Crippen LogP contribution is -2.38. The molecule has 0 radical (unpaired) electrons. The highest BCUT2D eigenvalue weighted by molar-refractivity contribution is 9.10. The number of likely N-dealkylation sites (tertiary alicyclic amines) is 1. The molecule has 150 valence electrons. The standard InChI is InChI=1S/C20H23BrFN3O3/c21-16-6-5-14(22)12-15(16)20(27)23-8-7-19(26)24-13-17(18-4-3-11-28-18)25-9-1-2-10-25/h3-6,11-12,17H,1-2,7-10,13H2,(H,23,27)(H,24,26). The molecule has 6 nitrogen and oxygen atoms in total. The van der Waals surface area contributed by atoms with Crippen LogP contribution in [0.25, 0.3) is 0 Å². The lowest BCUT2D eigenvalue weighted by atomic mass is 10.2. The molecule has 2 heterocycles. The average molecular weight is 452 g/mol. The van der Waals surface area contributed by atoms with E-state index in [0.717, 1.165) is 37.8 Å². The third-order valence-corrected chi connectivity index (χ3v) is 5.45. The maximum Gasteiger partial charge on any atom is 0.252 e. The molecule has 1 aliphatic rings. The van der Waals surface area contributed by atoms with E-state index in [4.69, 9.17) is 4.42 Å². The lowest BCUT2D eigenvalue weighted by molar-refractivity contribution is -0.121. The van der Waals surface area contributed by atoms with Gasteiger partial charge in [0.05, 0.1) is 17.9 Å². The number of carbonyl (C=O) groups is 2. The highest BCUT2D eigenvalue weighted by Gasteiger charge is 2.25. The summed E-state index contributed by atoms with van der Waals surface area (Å²) >= 11 is 3.22. The smallest absolute Gasteiger partial charge is 0.252 e. The largest absolute Gasteiger partial charge is 0.468 e. The van der Waals surface area contributed by atoms with Crippen LogP contribution in [0.5, 0.6) is 0 Å². The van der Waals surface area contributed by atoms with Crippen LogP contribution in [0.15, 0.2) is 45.5 Å². The molecule has 0 saturated carbocycles. The number of rotatable bonds is 8. The Morgan fingerprint density at radius 2 is 2.00 bits per heavy atom. The fourth-order valence-electron chi connectivity index (χ4n) is 3.30. The topological polar surface area (TPSA) is 74.6 Å². The van der Waals surface area contributed by atoms with Crippen LogP contribution in [-0.2, 0) is 4.79 Å². The van der Waals surface area contributed by atoms with Crippen LogP contribution in [0, 0.1) is 5.82 Å². The van der Waals surface area contributed by atoms with Crippen LogP contribution < -0.4 is 10.6 Å². The number of benzene rings is 1. The second-order valence-electron chi connectivity index (χ2n) is 6.71. The van der Waals surface area contributed by atoms with Crippen LogP contribution >= 0.6 is 15.9 Å². The van der Waals surface area contributed by atoms with E-state index in [1.165, 1.54) is 12.1 Å². The van der Waals surface area contributed by atoms with E-state index in [0.29, 0.717) is 11.0 Å². The van der Waals surface area contributed by atoms with Gasteiger partial charge in [-0.15, -0.1) is 0 Å². The molecular formula is C20H23BrFN3O3. The first kappa shape index (κ1) is 20.5. The number of furan rings is 1. The zero-order chi connectivity index (χ0) is 19.9. The molecule has 1 saturated heterocycles. The van der Waals surface area contributed by atoms with Crippen LogP contribution in [0.2, 0.25) is 0 Å². The van der Waals surface area contributed by atoms with E-state index in [1.807, 2.05) is 12.1 Å². The van der Waals surface area contributed by atoms with Gasteiger partial charge in [0.15, 0.2) is 0 Å². The molecule has 2 amide bonds. The Balaban J connectivity index is 1.46. The molecular weight excluding hydrogens is 429 g/mol. The fourth-order valence-corrected chi connectivity index (χ4v) is 3.73. The van der Waals surface area contributed by atoms with Gasteiger partial charge in [-0.1, -0.05) is 0 Å². The normalized spacial score (nSPS) is 15.4. The van der Waals surface area contributed by atoms with E-state index in [9.17, 15) is 14.0 Å². The number of carbonyl (C=O) groups excluding carboxylic acids is 2. The van der Waals surface area contributed by atoms with Crippen molar-refractivity contribution in [1.29, 1.82) is 0 Å². The van der Waals surface area contributed by atoms with Gasteiger partial charge in [0, 0.05) is 24.0 Å². The highest BCUT2D eigenvalue weighted by atomic mass is 79.9. The van der Waals surface area contributed by atoms with E-state index in [2.05, 4.69) is 31.5 Å². The Hall–Kier alpha value is -2.19. The van der Waals surface area contributed by atoms with E-state index < -0.39 is 11.7 Å². The molecule has 0 spiro atoms. The predicted molar refractivity (Wildman–Crippen MR) is 106 cm³/mol. The Morgan fingerprint density at radius 1 is 1.21 bits per heavy atom. The van der Waals surface area contributed by atoms with E-state index in [1.54, 1.807) is 6.26 Å². The predicted octanol–water partition coefficient (Wildman–Crippen LogP) is 3.25. The van der Waals surface area contributed by atoms with Gasteiger partial charge in [-0.05, 0) is 72.2 Å². The molecule has 0 aliphatic carbocycles. The third kappa shape index (κ3) is 5.42. The van der Waals surface area contributed by atoms with Crippen molar-refractivity contribution in [2.45, 2.75) is 25.3 Å². The third-order valence-electron chi connectivity index (χ3n) is 4.76. The van der Waals surface area contributed by atoms with Gasteiger partial charge in [0.2, 0.25) is 5.91 Å². The number of amides is 2. The quantitative estimate of drug-likeness (QED) is 0.645. The molecule has 1 fully saturated rings. The van der Waals surface area contributed by atoms with Gasteiger partial charge < -0.3 is 15.1 Å². The molecule has 2 aromatic rings. The Labute approximate surface area is 171 Å². The van der Waals surface area contributed by atoms with Crippen molar-refractivity contribution < 1.29 is 18.4 Å². The molecule has 0 bridgehead atoms. The van der Waals surface area contributed by atoms with Crippen molar-refractivity contribution in [2.24, 2.45) is 0 Å². The van der Waals surface area contributed by atoms with Crippen LogP contribution in [0.1, 0.15) is 41.4 Å². The monoisotopic (exact) mass is 451 g/mol. The molecule has 8 heteroatoms. The number of halogens is 2. The first-order valence-electron chi connectivity index (χ1n) is 9.32. The number of nitrogens with zero attached hydrogens (tertiary/aromatic N) is 1. The molecule has 1 aliphatic heterocycles. The molecule has 28 heavy (non-hydrogen) atoms. The summed E-state index contributed by atoms with van der Waals surface area (Å²) in [5.41, 5.74) is 0.201. The SMILES string of the molecule is O=C(CCNC(=O)c1cc(F)ccc1Br)NCC(c1ccco1)N1CCCC1. The second kappa shape index (κ2) is 9.84. The van der Waals surface area contributed by atoms with Gasteiger partial charge in [-0.25, -0.2) is 4.39 Å². The maximum atomic E-state index is 13.3. The summed E-state index contributed by atoms with van der Waals surface area (Å²) in [6, 6.07) is 7.68. The molecule has 2 N–H and O–H groups in total. The average Bonchev–Trinajstić information content (AvgIpc) is 3.38. The summed E-state index contributed by atoms with van der Waals surface area (Å²) < 4.78 is 19.3. The summed E-state index contributed by atoms with van der Waals surface area (Å²) in [6.07, 6.45) is 4.07. The Bertz CT molecular complexity index is 807. The summed E-state index contributed by atoms with van der Waals surface area (Å²) in [6.45, 7) is 2.60. The van der Waals surface area contributed by atoms with Gasteiger partial charge in [-0.3, -0.25) is 14.5 Å². The Kier molecular flexibility index (Phi) is 7.22. The summed E-state index contributed by atoms with van der Waals surface area (Å²) in [4.78, 5) is 26.6. The minimum Gasteiger partial charge on any atom is -0.468 e. The number of hydrogen-bond acceptors (Lipinski definition) is 4. The first-order valence-corrected chi connectivity index (χ1v) is 10.1. The van der Waals surface area contributed by atoms with E-state index >= 15 is 0 Å². The molecule has 3 rings (SSSR count). The summed E-state index contributed by atoms with van der Waals surface area (Å²) in [5.74, 6) is -0.234. The van der Waals surface area contributed by atoms with Gasteiger partial charge >= 0.3 is 0 Å². The fraction of sp³-hybridized carbons (Fsp3) is 0.400. The Morgan fingerprint density at radius 3 is 2.71 bits per heavy atom. The van der Waals surface area contributed by atoms with Crippen LogP contribution in [-0.4, -0.2) is 42.9 Å². The second-order valence-corrected chi connectivity index (χ2v) is 7.56. The van der Waals surface area contributed by atoms with Crippen molar-refractivity contribution in [3.05, 3.63) is 58.2 Å². The van der Waals surface area contributed by atoms with Crippen molar-refractivity contribution in [2.75, 3.05) is 26.2 Å². The summed E-state index contributed by atoms with van der Waals surface area (Å²) in [5, 5.41) is 5.56. The lowest BCUT2D eigenvalue weighted by Gasteiger charge is -2.26. The zero-order valence-electron chi connectivity index (χ0n) is 15.4. The zero-order valence-corrected chi connectivity index (χ0v) is 17.0. The summed E-state index contributed by atoms with van der Waals surface area (Å²) in [7, 11) is 0. The highest BCUT2D eigenvalue weighted by Crippen LogP contribution is 2.24. The minimum absolute atomic E-state index is 0.0132. The van der Waals surface area contributed by atoms with Crippen LogP contribution in [0.4, 0.5) is 4.39 Å².